The summed E-state index contributed by atoms with van der Waals surface area (Å²) in [7, 11) is 0. The molecule has 2 N–H and O–H groups in total. The molecule has 0 saturated carbocycles. The van der Waals surface area contributed by atoms with Crippen molar-refractivity contribution in [1.29, 1.82) is 0 Å². The normalized spacial score (nSPS) is 17.1. The zero-order valence-corrected chi connectivity index (χ0v) is 13.1. The molecule has 23 heavy (non-hydrogen) atoms. The number of nitrogens with zero attached hydrogens (tertiary/aromatic N) is 1. The summed E-state index contributed by atoms with van der Waals surface area (Å²) < 4.78 is 19.8. The highest BCUT2D eigenvalue weighted by atomic mass is 19.1. The number of hydrogen-bond donors (Lipinski definition) is 1. The second-order valence-corrected chi connectivity index (χ2v) is 6.03. The number of benzene rings is 2. The van der Waals surface area contributed by atoms with Gasteiger partial charge in [-0.25, -0.2) is 4.39 Å². The molecule has 4 nitrogen and oxygen atoms in total. The van der Waals surface area contributed by atoms with Crippen LogP contribution in [0.15, 0.2) is 42.5 Å². The van der Waals surface area contributed by atoms with Gasteiger partial charge in [0.15, 0.2) is 6.10 Å². The van der Waals surface area contributed by atoms with E-state index in [1.807, 2.05) is 13.8 Å². The van der Waals surface area contributed by atoms with Crippen molar-refractivity contribution >= 4 is 17.3 Å². The van der Waals surface area contributed by atoms with Crippen LogP contribution in [0.4, 0.5) is 15.8 Å². The molecule has 2 aromatic rings. The van der Waals surface area contributed by atoms with E-state index in [4.69, 9.17) is 10.5 Å². The number of rotatable bonds is 3. The molecule has 120 valence electrons. The molecular formula is C18H19FN2O2. The van der Waals surface area contributed by atoms with Crippen molar-refractivity contribution in [1.82, 2.24) is 0 Å². The van der Waals surface area contributed by atoms with Gasteiger partial charge >= 0.3 is 0 Å². The van der Waals surface area contributed by atoms with Crippen LogP contribution in [0, 0.1) is 11.7 Å². The first kappa shape index (κ1) is 15.3. The molecule has 1 heterocycles. The summed E-state index contributed by atoms with van der Waals surface area (Å²) in [6.45, 7) is 4.00. The minimum Gasteiger partial charge on any atom is -0.478 e. The van der Waals surface area contributed by atoms with Crippen molar-refractivity contribution in [2.45, 2.75) is 26.5 Å². The largest absolute Gasteiger partial charge is 0.478 e. The molecule has 2 aromatic carbocycles. The Bertz CT molecular complexity index is 746. The molecule has 3 rings (SSSR count). The molecule has 0 radical (unpaired) electrons. The van der Waals surface area contributed by atoms with Crippen molar-refractivity contribution in [3.63, 3.8) is 0 Å². The van der Waals surface area contributed by atoms with Gasteiger partial charge < -0.3 is 15.4 Å². The Morgan fingerprint density at radius 3 is 2.70 bits per heavy atom. The van der Waals surface area contributed by atoms with Crippen LogP contribution in [0.5, 0.6) is 5.75 Å². The molecule has 5 heteroatoms. The zero-order valence-electron chi connectivity index (χ0n) is 13.1. The summed E-state index contributed by atoms with van der Waals surface area (Å²) in [4.78, 5) is 14.3. The lowest BCUT2D eigenvalue weighted by Crippen LogP contribution is -2.48. The third-order valence-corrected chi connectivity index (χ3v) is 3.93. The zero-order chi connectivity index (χ0) is 16.6. The van der Waals surface area contributed by atoms with Crippen LogP contribution in [0.3, 0.4) is 0 Å². The number of carbonyl (C=O) groups is 1. The number of hydrogen-bond acceptors (Lipinski definition) is 3. The highest BCUT2D eigenvalue weighted by Crippen LogP contribution is 2.38. The molecule has 0 aliphatic carbocycles. The molecule has 0 bridgehead atoms. The van der Waals surface area contributed by atoms with Gasteiger partial charge in [0, 0.05) is 17.3 Å². The summed E-state index contributed by atoms with van der Waals surface area (Å²) in [6.07, 6.45) is -0.601. The molecule has 0 unspecified atom stereocenters. The Hall–Kier alpha value is -2.56. The molecule has 1 atom stereocenters. The average Bonchev–Trinajstić information content (AvgIpc) is 2.51. The van der Waals surface area contributed by atoms with E-state index in [0.29, 0.717) is 22.7 Å². The molecule has 0 aromatic heterocycles. The lowest BCUT2D eigenvalue weighted by Gasteiger charge is -2.36. The predicted octanol–water partition coefficient (Wildman–Crippen LogP) is 3.36. The highest BCUT2D eigenvalue weighted by Gasteiger charge is 2.36. The smallest absolute Gasteiger partial charge is 0.268 e. The summed E-state index contributed by atoms with van der Waals surface area (Å²) in [6, 6.07) is 11.6. The van der Waals surface area contributed by atoms with E-state index >= 15 is 0 Å². The topological polar surface area (TPSA) is 55.6 Å². The van der Waals surface area contributed by atoms with Crippen LogP contribution < -0.4 is 15.4 Å². The number of carbonyl (C=O) groups excluding carboxylic acids is 1. The Balaban J connectivity index is 2.03. The minimum absolute atomic E-state index is 0.000186. The summed E-state index contributed by atoms with van der Waals surface area (Å²) in [5.74, 6) is 0.0604. The fourth-order valence-corrected chi connectivity index (χ4v) is 2.69. The van der Waals surface area contributed by atoms with Gasteiger partial charge in [-0.05, 0) is 24.1 Å². The van der Waals surface area contributed by atoms with E-state index in [2.05, 4.69) is 0 Å². The van der Waals surface area contributed by atoms with Gasteiger partial charge in [-0.1, -0.05) is 32.0 Å². The molecule has 1 aliphatic heterocycles. The monoisotopic (exact) mass is 314 g/mol. The maximum absolute atomic E-state index is 14.0. The predicted molar refractivity (Wildman–Crippen MR) is 87.7 cm³/mol. The quantitative estimate of drug-likeness (QED) is 0.884. The number of amides is 1. The molecule has 0 spiro atoms. The maximum Gasteiger partial charge on any atom is 0.268 e. The fourth-order valence-electron chi connectivity index (χ4n) is 2.69. The summed E-state index contributed by atoms with van der Waals surface area (Å²) in [5.41, 5.74) is 7.46. The van der Waals surface area contributed by atoms with Gasteiger partial charge in [0.25, 0.3) is 5.91 Å². The van der Waals surface area contributed by atoms with Crippen LogP contribution in [0.2, 0.25) is 0 Å². The van der Waals surface area contributed by atoms with Crippen molar-refractivity contribution < 1.29 is 13.9 Å². The number of anilines is 2. The van der Waals surface area contributed by atoms with Gasteiger partial charge in [-0.15, -0.1) is 0 Å². The Labute approximate surface area is 134 Å². The van der Waals surface area contributed by atoms with Crippen molar-refractivity contribution in [3.05, 3.63) is 53.8 Å². The Kier molecular flexibility index (Phi) is 3.94. The lowest BCUT2D eigenvalue weighted by atomic mass is 10.0. The van der Waals surface area contributed by atoms with Gasteiger partial charge in [0.2, 0.25) is 0 Å². The van der Waals surface area contributed by atoms with Gasteiger partial charge in [-0.3, -0.25) is 4.79 Å². The molecule has 1 amide bonds. The van der Waals surface area contributed by atoms with E-state index in [1.165, 1.54) is 6.07 Å². The summed E-state index contributed by atoms with van der Waals surface area (Å²) >= 11 is 0. The van der Waals surface area contributed by atoms with Crippen LogP contribution in [0.1, 0.15) is 19.4 Å². The first-order valence-electron chi connectivity index (χ1n) is 7.58. The highest BCUT2D eigenvalue weighted by molar-refractivity contribution is 6.00. The molecular weight excluding hydrogens is 295 g/mol. The van der Waals surface area contributed by atoms with Gasteiger partial charge in [0.05, 0.1) is 12.2 Å². The van der Waals surface area contributed by atoms with E-state index in [9.17, 15) is 9.18 Å². The van der Waals surface area contributed by atoms with E-state index in [-0.39, 0.29) is 24.2 Å². The van der Waals surface area contributed by atoms with Crippen molar-refractivity contribution in [2.75, 3.05) is 10.6 Å². The number of ether oxygens (including phenoxy) is 1. The van der Waals surface area contributed by atoms with Gasteiger partial charge in [-0.2, -0.15) is 0 Å². The van der Waals surface area contributed by atoms with Crippen molar-refractivity contribution in [3.8, 4) is 5.75 Å². The van der Waals surface area contributed by atoms with Crippen LogP contribution in [0.25, 0.3) is 0 Å². The van der Waals surface area contributed by atoms with E-state index in [1.54, 1.807) is 41.3 Å². The Morgan fingerprint density at radius 1 is 1.26 bits per heavy atom. The second-order valence-electron chi connectivity index (χ2n) is 6.03. The SMILES string of the molecule is CC(C)[C@H]1Oc2cc(N)ccc2N(Cc2ccccc2F)C1=O. The number of halogens is 1. The lowest BCUT2D eigenvalue weighted by molar-refractivity contribution is -0.128. The minimum atomic E-state index is -0.601. The molecule has 0 saturated heterocycles. The first-order chi connectivity index (χ1) is 11.0. The van der Waals surface area contributed by atoms with E-state index in [0.717, 1.165) is 0 Å². The third kappa shape index (κ3) is 2.86. The number of nitrogens with two attached hydrogens (primary N) is 1. The second kappa shape index (κ2) is 5.91. The van der Waals surface area contributed by atoms with Crippen LogP contribution in [-0.2, 0) is 11.3 Å². The average molecular weight is 314 g/mol. The number of fused-ring (bicyclic) bond motifs is 1. The fraction of sp³-hybridized carbons (Fsp3) is 0.278. The van der Waals surface area contributed by atoms with Gasteiger partial charge in [0.1, 0.15) is 11.6 Å². The first-order valence-corrected chi connectivity index (χ1v) is 7.58. The van der Waals surface area contributed by atoms with Crippen LogP contribution in [-0.4, -0.2) is 12.0 Å². The van der Waals surface area contributed by atoms with Crippen LogP contribution >= 0.6 is 0 Å². The van der Waals surface area contributed by atoms with Crippen molar-refractivity contribution in [2.24, 2.45) is 5.92 Å². The molecule has 0 fully saturated rings. The third-order valence-electron chi connectivity index (χ3n) is 3.93. The summed E-state index contributed by atoms with van der Waals surface area (Å²) in [5, 5.41) is 0. The number of nitrogen functional groups attached to an aromatic ring is 1. The Morgan fingerprint density at radius 2 is 2.00 bits per heavy atom. The molecule has 1 aliphatic rings. The van der Waals surface area contributed by atoms with E-state index < -0.39 is 6.10 Å². The maximum atomic E-state index is 14.0. The standard InChI is InChI=1S/C18H19FN2O2/c1-11(2)17-18(22)21(10-12-5-3-4-6-14(12)19)15-8-7-13(20)9-16(15)23-17/h3-9,11,17H,10,20H2,1-2H3/t17-/m1/s1.